The Morgan fingerprint density at radius 2 is 2.26 bits per heavy atom. The molecule has 0 unspecified atom stereocenters. The maximum Gasteiger partial charge on any atom is 0.233 e. The van der Waals surface area contributed by atoms with E-state index in [1.54, 1.807) is 22.2 Å². The zero-order chi connectivity index (χ0) is 13.4. The van der Waals surface area contributed by atoms with E-state index in [0.29, 0.717) is 11.6 Å². The van der Waals surface area contributed by atoms with Crippen molar-refractivity contribution in [2.45, 2.75) is 20.4 Å². The van der Waals surface area contributed by atoms with Crippen LogP contribution in [-0.2, 0) is 6.54 Å². The lowest BCUT2D eigenvalue weighted by molar-refractivity contribution is 0.468. The van der Waals surface area contributed by atoms with E-state index >= 15 is 0 Å². The standard InChI is InChI=1S/C12H13N5OS/c1-3-17-6-8(5-14-17)18-10-9-4-7(2)19-11(9)16-12(13)15-10/h4-6H,3H2,1-2H3,(H2,13,15,16). The molecule has 0 atom stereocenters. The molecular formula is C12H13N5OS. The summed E-state index contributed by atoms with van der Waals surface area (Å²) in [7, 11) is 0. The zero-order valence-electron chi connectivity index (χ0n) is 10.6. The maximum absolute atomic E-state index is 5.76. The van der Waals surface area contributed by atoms with Crippen LogP contribution >= 0.6 is 11.3 Å². The van der Waals surface area contributed by atoms with Crippen molar-refractivity contribution < 1.29 is 4.74 Å². The first-order chi connectivity index (χ1) is 9.15. The fraction of sp³-hybridized carbons (Fsp3) is 0.250. The number of anilines is 1. The molecule has 98 valence electrons. The highest BCUT2D eigenvalue weighted by Crippen LogP contribution is 2.32. The van der Waals surface area contributed by atoms with Crippen LogP contribution in [0.1, 0.15) is 11.8 Å². The number of hydrogen-bond acceptors (Lipinski definition) is 6. The summed E-state index contributed by atoms with van der Waals surface area (Å²) in [5.41, 5.74) is 5.70. The lowest BCUT2D eigenvalue weighted by atomic mass is 10.3. The molecule has 0 aromatic carbocycles. The van der Waals surface area contributed by atoms with E-state index in [9.17, 15) is 0 Å². The van der Waals surface area contributed by atoms with Crippen molar-refractivity contribution >= 4 is 27.5 Å². The highest BCUT2D eigenvalue weighted by atomic mass is 32.1. The SMILES string of the molecule is CCn1cc(Oc2nc(N)nc3sc(C)cc23)cn1. The molecule has 0 radical (unpaired) electrons. The summed E-state index contributed by atoms with van der Waals surface area (Å²) in [5.74, 6) is 1.33. The van der Waals surface area contributed by atoms with Crippen molar-refractivity contribution in [3.05, 3.63) is 23.3 Å². The van der Waals surface area contributed by atoms with E-state index in [1.165, 1.54) is 0 Å². The predicted octanol–water partition coefficient (Wildman–Crippen LogP) is 2.59. The first kappa shape index (κ1) is 11.9. The number of aryl methyl sites for hydroxylation is 2. The molecule has 0 aliphatic rings. The van der Waals surface area contributed by atoms with E-state index in [1.807, 2.05) is 26.1 Å². The number of nitrogens with zero attached hydrogens (tertiary/aromatic N) is 4. The molecule has 0 bridgehead atoms. The van der Waals surface area contributed by atoms with Crippen LogP contribution in [0.25, 0.3) is 10.2 Å². The highest BCUT2D eigenvalue weighted by Gasteiger charge is 2.12. The van der Waals surface area contributed by atoms with Gasteiger partial charge in [-0.2, -0.15) is 10.1 Å². The quantitative estimate of drug-likeness (QED) is 0.794. The van der Waals surface area contributed by atoms with Crippen molar-refractivity contribution in [1.82, 2.24) is 19.7 Å². The van der Waals surface area contributed by atoms with Gasteiger partial charge < -0.3 is 10.5 Å². The second-order valence-corrected chi connectivity index (χ2v) is 5.33. The molecule has 3 heterocycles. The maximum atomic E-state index is 5.76. The van der Waals surface area contributed by atoms with Crippen molar-refractivity contribution in [3.63, 3.8) is 0 Å². The molecule has 7 heteroatoms. The van der Waals surface area contributed by atoms with Crippen LogP contribution in [0.5, 0.6) is 11.6 Å². The molecule has 0 saturated heterocycles. The van der Waals surface area contributed by atoms with Crippen LogP contribution in [-0.4, -0.2) is 19.7 Å². The molecule has 3 aromatic heterocycles. The number of aromatic nitrogens is 4. The fourth-order valence-corrected chi connectivity index (χ4v) is 2.67. The number of ether oxygens (including phenoxy) is 1. The van der Waals surface area contributed by atoms with Gasteiger partial charge in [0, 0.05) is 11.4 Å². The molecule has 3 rings (SSSR count). The minimum atomic E-state index is 0.215. The van der Waals surface area contributed by atoms with Gasteiger partial charge in [-0.25, -0.2) is 4.98 Å². The smallest absolute Gasteiger partial charge is 0.233 e. The number of thiophene rings is 1. The van der Waals surface area contributed by atoms with Crippen LogP contribution in [0.4, 0.5) is 5.95 Å². The molecular weight excluding hydrogens is 262 g/mol. The van der Waals surface area contributed by atoms with Gasteiger partial charge in [0.15, 0.2) is 5.75 Å². The second-order valence-electron chi connectivity index (χ2n) is 4.10. The van der Waals surface area contributed by atoms with Crippen LogP contribution in [0.2, 0.25) is 0 Å². The van der Waals surface area contributed by atoms with Gasteiger partial charge >= 0.3 is 0 Å². The second kappa shape index (κ2) is 4.51. The van der Waals surface area contributed by atoms with Crippen molar-refractivity contribution in [1.29, 1.82) is 0 Å². The molecule has 0 aliphatic heterocycles. The Balaban J connectivity index is 2.03. The molecule has 0 aliphatic carbocycles. The van der Waals surface area contributed by atoms with Crippen LogP contribution in [0.3, 0.4) is 0 Å². The summed E-state index contributed by atoms with van der Waals surface area (Å²) < 4.78 is 7.55. The van der Waals surface area contributed by atoms with Crippen LogP contribution < -0.4 is 10.5 Å². The van der Waals surface area contributed by atoms with Gasteiger partial charge in [-0.3, -0.25) is 4.68 Å². The van der Waals surface area contributed by atoms with Crippen molar-refractivity contribution in [2.24, 2.45) is 0 Å². The normalized spacial score (nSPS) is 11.1. The lowest BCUT2D eigenvalue weighted by Crippen LogP contribution is -1.97. The van der Waals surface area contributed by atoms with Gasteiger partial charge in [-0.05, 0) is 19.9 Å². The third kappa shape index (κ3) is 2.24. The summed E-state index contributed by atoms with van der Waals surface area (Å²) >= 11 is 1.57. The molecule has 6 nitrogen and oxygen atoms in total. The monoisotopic (exact) mass is 275 g/mol. The molecule has 0 amide bonds. The summed E-state index contributed by atoms with van der Waals surface area (Å²) in [4.78, 5) is 10.3. The van der Waals surface area contributed by atoms with Gasteiger partial charge in [0.1, 0.15) is 4.83 Å². The van der Waals surface area contributed by atoms with Gasteiger partial charge in [-0.1, -0.05) is 0 Å². The topological polar surface area (TPSA) is 78.9 Å². The Morgan fingerprint density at radius 1 is 1.42 bits per heavy atom. The number of nitrogens with two attached hydrogens (primary N) is 1. The first-order valence-electron chi connectivity index (χ1n) is 5.89. The third-order valence-electron chi connectivity index (χ3n) is 2.65. The van der Waals surface area contributed by atoms with Crippen molar-refractivity contribution in [3.8, 4) is 11.6 Å². The van der Waals surface area contributed by atoms with E-state index in [-0.39, 0.29) is 5.95 Å². The summed E-state index contributed by atoms with van der Waals surface area (Å²) in [6.45, 7) is 4.82. The average Bonchev–Trinajstić information content (AvgIpc) is 2.94. The largest absolute Gasteiger partial charge is 0.435 e. The first-order valence-corrected chi connectivity index (χ1v) is 6.71. The zero-order valence-corrected chi connectivity index (χ0v) is 11.4. The van der Waals surface area contributed by atoms with Crippen LogP contribution in [0.15, 0.2) is 18.5 Å². The fourth-order valence-electron chi connectivity index (χ4n) is 1.79. The Labute approximate surface area is 113 Å². The predicted molar refractivity (Wildman–Crippen MR) is 74.5 cm³/mol. The van der Waals surface area contributed by atoms with E-state index in [0.717, 1.165) is 21.6 Å². The Hall–Kier alpha value is -2.15. The lowest BCUT2D eigenvalue weighted by Gasteiger charge is -2.03. The van der Waals surface area contributed by atoms with Crippen molar-refractivity contribution in [2.75, 3.05) is 5.73 Å². The number of nitrogen functional groups attached to an aromatic ring is 1. The van der Waals surface area contributed by atoms with Crippen LogP contribution in [0, 0.1) is 6.92 Å². The Bertz CT molecular complexity index is 733. The van der Waals surface area contributed by atoms with E-state index in [2.05, 4.69) is 15.1 Å². The number of rotatable bonds is 3. The molecule has 2 N–H and O–H groups in total. The average molecular weight is 275 g/mol. The van der Waals surface area contributed by atoms with Gasteiger partial charge in [0.2, 0.25) is 11.8 Å². The van der Waals surface area contributed by atoms with Gasteiger partial charge in [-0.15, -0.1) is 11.3 Å². The number of hydrogen-bond donors (Lipinski definition) is 1. The van der Waals surface area contributed by atoms with E-state index < -0.39 is 0 Å². The minimum Gasteiger partial charge on any atom is -0.435 e. The molecule has 3 aromatic rings. The highest BCUT2D eigenvalue weighted by molar-refractivity contribution is 7.18. The minimum absolute atomic E-state index is 0.215. The molecule has 19 heavy (non-hydrogen) atoms. The summed E-state index contributed by atoms with van der Waals surface area (Å²) in [5, 5.41) is 5.03. The molecule has 0 spiro atoms. The van der Waals surface area contributed by atoms with Gasteiger partial charge in [0.05, 0.1) is 17.8 Å². The molecule has 0 fully saturated rings. The van der Waals surface area contributed by atoms with E-state index in [4.69, 9.17) is 10.5 Å². The third-order valence-corrected chi connectivity index (χ3v) is 3.59. The van der Waals surface area contributed by atoms with Gasteiger partial charge in [0.25, 0.3) is 0 Å². The Morgan fingerprint density at radius 3 is 3.00 bits per heavy atom. The summed E-state index contributed by atoms with van der Waals surface area (Å²) in [6.07, 6.45) is 3.48. The Kier molecular flexibility index (Phi) is 2.83. The number of fused-ring (bicyclic) bond motifs is 1. The summed E-state index contributed by atoms with van der Waals surface area (Å²) in [6, 6.07) is 2.00. The molecule has 0 saturated carbocycles.